The second-order valence-corrected chi connectivity index (χ2v) is 7.87. The maximum atomic E-state index is 12.8. The second-order valence-electron chi connectivity index (χ2n) is 7.43. The van der Waals surface area contributed by atoms with Gasteiger partial charge in [-0.05, 0) is 37.6 Å². The molecule has 8 heteroatoms. The van der Waals surface area contributed by atoms with Gasteiger partial charge in [0.2, 0.25) is 0 Å². The lowest BCUT2D eigenvalue weighted by Gasteiger charge is -2.37. The number of ether oxygens (including phenoxy) is 1. The summed E-state index contributed by atoms with van der Waals surface area (Å²) in [4.78, 5) is 34.1. The molecule has 1 saturated heterocycles. The van der Waals surface area contributed by atoms with Crippen LogP contribution >= 0.6 is 11.6 Å². The van der Waals surface area contributed by atoms with Gasteiger partial charge in [0.05, 0.1) is 18.4 Å². The Morgan fingerprint density at radius 1 is 1.17 bits per heavy atom. The molecule has 158 valence electrons. The molecule has 0 bridgehead atoms. The number of carbonyl (C=O) groups excluding carboxylic acids is 2. The van der Waals surface area contributed by atoms with Gasteiger partial charge < -0.3 is 15.0 Å². The second kappa shape index (κ2) is 10.2. The lowest BCUT2D eigenvalue weighted by atomic mass is 9.87. The molecule has 2 atom stereocenters. The lowest BCUT2D eigenvalue weighted by molar-refractivity contribution is -0.146. The molecule has 1 fully saturated rings. The van der Waals surface area contributed by atoms with E-state index in [0.29, 0.717) is 17.3 Å². The summed E-state index contributed by atoms with van der Waals surface area (Å²) in [6.45, 7) is 9.57. The number of esters is 1. The summed E-state index contributed by atoms with van der Waals surface area (Å²) in [6, 6.07) is 6.21. The number of nitrogens with one attached hydrogen (secondary N) is 1. The predicted octanol–water partition coefficient (Wildman–Crippen LogP) is 2.75. The molecule has 0 radical (unpaired) electrons. The molecule has 29 heavy (non-hydrogen) atoms. The van der Waals surface area contributed by atoms with Crippen LogP contribution in [0.5, 0.6) is 0 Å². The van der Waals surface area contributed by atoms with E-state index >= 15 is 0 Å². The zero-order valence-electron chi connectivity index (χ0n) is 17.1. The molecule has 2 heterocycles. The van der Waals surface area contributed by atoms with Crippen molar-refractivity contribution < 1.29 is 14.3 Å². The van der Waals surface area contributed by atoms with Gasteiger partial charge in [-0.2, -0.15) is 0 Å². The molecule has 0 saturated carbocycles. The number of nitrogens with zero attached hydrogens (tertiary/aromatic N) is 3. The fraction of sp³-hybridized carbons (Fsp3) is 0.571. The van der Waals surface area contributed by atoms with Crippen molar-refractivity contribution in [1.29, 1.82) is 0 Å². The average Bonchev–Trinajstić information content (AvgIpc) is 2.70. The largest absolute Gasteiger partial charge is 0.465 e. The number of aliphatic imine (C=N–C) groups is 1. The van der Waals surface area contributed by atoms with Gasteiger partial charge in [-0.25, -0.2) is 9.79 Å². The SMILES string of the molecule is CCCN1CCN(CC2=NC(=O)NC(c3ccc(Cl)cc3)C2C(=O)OCC)CC1. The highest BCUT2D eigenvalue weighted by atomic mass is 35.5. The van der Waals surface area contributed by atoms with E-state index in [0.717, 1.165) is 44.7 Å². The quantitative estimate of drug-likeness (QED) is 0.686. The molecular weight excluding hydrogens is 392 g/mol. The van der Waals surface area contributed by atoms with Crippen molar-refractivity contribution in [2.75, 3.05) is 45.9 Å². The van der Waals surface area contributed by atoms with Gasteiger partial charge in [-0.15, -0.1) is 0 Å². The van der Waals surface area contributed by atoms with Crippen LogP contribution in [0.1, 0.15) is 31.9 Å². The molecular formula is C21H29ClN4O3. The fourth-order valence-electron chi connectivity index (χ4n) is 3.94. The Balaban J connectivity index is 1.80. The van der Waals surface area contributed by atoms with Crippen molar-refractivity contribution >= 4 is 29.3 Å². The molecule has 1 aromatic rings. The van der Waals surface area contributed by atoms with Crippen LogP contribution < -0.4 is 5.32 Å². The Morgan fingerprint density at radius 3 is 2.45 bits per heavy atom. The van der Waals surface area contributed by atoms with Crippen LogP contribution in [0.25, 0.3) is 0 Å². The molecule has 0 aliphatic carbocycles. The third kappa shape index (κ3) is 5.56. The number of hydrogen-bond acceptors (Lipinski definition) is 5. The summed E-state index contributed by atoms with van der Waals surface area (Å²) >= 11 is 6.01. The smallest absolute Gasteiger partial charge is 0.341 e. The number of piperazine rings is 1. The first-order valence-electron chi connectivity index (χ1n) is 10.3. The Hall–Kier alpha value is -1.96. The summed E-state index contributed by atoms with van der Waals surface area (Å²) in [5, 5.41) is 3.43. The Morgan fingerprint density at radius 2 is 1.83 bits per heavy atom. The number of urea groups is 1. The van der Waals surface area contributed by atoms with Crippen LogP contribution in [0.2, 0.25) is 5.02 Å². The molecule has 2 unspecified atom stereocenters. The van der Waals surface area contributed by atoms with Gasteiger partial charge in [0, 0.05) is 37.7 Å². The maximum Gasteiger partial charge on any atom is 0.341 e. The standard InChI is InChI=1S/C21H29ClN4O3/c1-3-9-25-10-12-26(13-11-25)14-17-18(20(27)29-4-2)19(24-21(28)23-17)15-5-7-16(22)8-6-15/h5-8,18-19H,3-4,9-14H2,1-2H3,(H,24,28). The normalized spacial score (nSPS) is 23.4. The van der Waals surface area contributed by atoms with Crippen molar-refractivity contribution in [3.63, 3.8) is 0 Å². The van der Waals surface area contributed by atoms with Crippen LogP contribution in [-0.2, 0) is 9.53 Å². The zero-order chi connectivity index (χ0) is 20.8. The number of benzene rings is 1. The van der Waals surface area contributed by atoms with Crippen LogP contribution in [0.4, 0.5) is 4.79 Å². The summed E-state index contributed by atoms with van der Waals surface area (Å²) in [5.74, 6) is -1.02. The first-order chi connectivity index (χ1) is 14.0. The van der Waals surface area contributed by atoms with Crippen molar-refractivity contribution in [2.24, 2.45) is 10.9 Å². The number of carbonyl (C=O) groups is 2. The van der Waals surface area contributed by atoms with Crippen LogP contribution in [0.15, 0.2) is 29.3 Å². The van der Waals surface area contributed by atoms with Crippen LogP contribution in [0, 0.1) is 5.92 Å². The van der Waals surface area contributed by atoms with Crippen LogP contribution in [0.3, 0.4) is 0 Å². The number of rotatable bonds is 7. The Bertz CT molecular complexity index is 745. The summed E-state index contributed by atoms with van der Waals surface area (Å²) < 4.78 is 5.34. The fourth-order valence-corrected chi connectivity index (χ4v) is 4.07. The van der Waals surface area contributed by atoms with E-state index in [2.05, 4.69) is 27.0 Å². The maximum absolute atomic E-state index is 12.8. The number of halogens is 1. The van der Waals surface area contributed by atoms with Crippen molar-refractivity contribution in [1.82, 2.24) is 15.1 Å². The van der Waals surface area contributed by atoms with E-state index in [1.54, 1.807) is 19.1 Å². The molecule has 3 rings (SSSR count). The Kier molecular flexibility index (Phi) is 7.64. The number of amides is 2. The molecule has 7 nitrogen and oxygen atoms in total. The molecule has 2 aliphatic heterocycles. The zero-order valence-corrected chi connectivity index (χ0v) is 17.8. The van der Waals surface area contributed by atoms with Gasteiger partial charge in [-0.3, -0.25) is 9.69 Å². The third-order valence-corrected chi connectivity index (χ3v) is 5.63. The predicted molar refractivity (Wildman–Crippen MR) is 113 cm³/mol. The molecule has 0 aromatic heterocycles. The van der Waals surface area contributed by atoms with E-state index < -0.39 is 18.0 Å². The third-order valence-electron chi connectivity index (χ3n) is 5.38. The first-order valence-corrected chi connectivity index (χ1v) is 10.6. The summed E-state index contributed by atoms with van der Waals surface area (Å²) in [7, 11) is 0. The highest BCUT2D eigenvalue weighted by Gasteiger charge is 2.40. The minimum atomic E-state index is -0.650. The topological polar surface area (TPSA) is 74.2 Å². The minimum Gasteiger partial charge on any atom is -0.465 e. The monoisotopic (exact) mass is 420 g/mol. The highest BCUT2D eigenvalue weighted by molar-refractivity contribution is 6.30. The van der Waals surface area contributed by atoms with E-state index in [4.69, 9.17) is 16.3 Å². The van der Waals surface area contributed by atoms with Crippen LogP contribution in [-0.4, -0.2) is 73.4 Å². The van der Waals surface area contributed by atoms with Crippen molar-refractivity contribution in [3.05, 3.63) is 34.9 Å². The number of hydrogen-bond donors (Lipinski definition) is 1. The van der Waals surface area contributed by atoms with E-state index in [-0.39, 0.29) is 12.6 Å². The molecule has 1 N–H and O–H groups in total. The van der Waals surface area contributed by atoms with Gasteiger partial charge >= 0.3 is 12.0 Å². The molecule has 0 spiro atoms. The molecule has 2 amide bonds. The van der Waals surface area contributed by atoms with Gasteiger partial charge in [0.1, 0.15) is 5.92 Å². The van der Waals surface area contributed by atoms with E-state index in [1.807, 2.05) is 12.1 Å². The molecule has 2 aliphatic rings. The Labute approximate surface area is 177 Å². The average molecular weight is 421 g/mol. The van der Waals surface area contributed by atoms with E-state index in [9.17, 15) is 9.59 Å². The van der Waals surface area contributed by atoms with Crippen molar-refractivity contribution in [3.8, 4) is 0 Å². The lowest BCUT2D eigenvalue weighted by Crippen LogP contribution is -2.52. The van der Waals surface area contributed by atoms with Gasteiger partial charge in [-0.1, -0.05) is 30.7 Å². The summed E-state index contributed by atoms with van der Waals surface area (Å²) in [5.41, 5.74) is 1.37. The highest BCUT2D eigenvalue weighted by Crippen LogP contribution is 2.29. The van der Waals surface area contributed by atoms with E-state index in [1.165, 1.54) is 0 Å². The van der Waals surface area contributed by atoms with Crippen molar-refractivity contribution in [2.45, 2.75) is 26.3 Å². The summed E-state index contributed by atoms with van der Waals surface area (Å²) in [6.07, 6.45) is 1.14. The van der Waals surface area contributed by atoms with Gasteiger partial charge in [0.15, 0.2) is 0 Å². The minimum absolute atomic E-state index is 0.277. The first kappa shape index (κ1) is 21.7. The molecule has 1 aromatic carbocycles. The van der Waals surface area contributed by atoms with Gasteiger partial charge in [0.25, 0.3) is 0 Å².